The molecular weight excluding hydrogens is 304 g/mol. The van der Waals surface area contributed by atoms with E-state index in [9.17, 15) is 8.42 Å². The normalized spacial score (nSPS) is 23.5. The Morgan fingerprint density at radius 3 is 2.33 bits per heavy atom. The van der Waals surface area contributed by atoms with Crippen LogP contribution in [-0.2, 0) is 16.6 Å². The van der Waals surface area contributed by atoms with Crippen LogP contribution in [0.25, 0.3) is 0 Å². The molecule has 2 fully saturated rings. The molecule has 118 valence electrons. The molecule has 0 radical (unpaired) electrons. The third-order valence-corrected chi connectivity index (χ3v) is 8.60. The van der Waals surface area contributed by atoms with E-state index in [1.165, 1.54) is 43.4 Å². The van der Waals surface area contributed by atoms with E-state index in [2.05, 4.69) is 0 Å². The summed E-state index contributed by atoms with van der Waals surface area (Å²) >= 11 is 1.31. The first kappa shape index (κ1) is 15.5. The zero-order valence-corrected chi connectivity index (χ0v) is 14.0. The fourth-order valence-electron chi connectivity index (χ4n) is 3.74. The Morgan fingerprint density at radius 2 is 1.76 bits per heavy atom. The van der Waals surface area contributed by atoms with Gasteiger partial charge in [0.1, 0.15) is 4.21 Å². The molecule has 1 aliphatic heterocycles. The van der Waals surface area contributed by atoms with Crippen LogP contribution in [0.5, 0.6) is 0 Å². The van der Waals surface area contributed by atoms with Gasteiger partial charge in [0, 0.05) is 24.5 Å². The Morgan fingerprint density at radius 1 is 1.10 bits per heavy atom. The number of thiophene rings is 1. The summed E-state index contributed by atoms with van der Waals surface area (Å²) in [7, 11) is -3.31. The van der Waals surface area contributed by atoms with Gasteiger partial charge in [-0.2, -0.15) is 4.31 Å². The Balaban J connectivity index is 1.70. The fraction of sp³-hybridized carbons (Fsp3) is 0.733. The summed E-state index contributed by atoms with van der Waals surface area (Å²) in [6.45, 7) is 1.76. The molecule has 2 N–H and O–H groups in total. The summed E-state index contributed by atoms with van der Waals surface area (Å²) in [4.78, 5) is 0.925. The highest BCUT2D eigenvalue weighted by Gasteiger charge is 2.39. The van der Waals surface area contributed by atoms with E-state index in [1.807, 2.05) is 6.07 Å². The highest BCUT2D eigenvalue weighted by molar-refractivity contribution is 7.91. The van der Waals surface area contributed by atoms with E-state index >= 15 is 0 Å². The van der Waals surface area contributed by atoms with Crippen molar-refractivity contribution in [2.45, 2.75) is 55.7 Å². The lowest BCUT2D eigenvalue weighted by molar-refractivity contribution is 0.102. The van der Waals surface area contributed by atoms with Gasteiger partial charge in [0.2, 0.25) is 0 Å². The number of nitrogens with two attached hydrogens (primary N) is 1. The van der Waals surface area contributed by atoms with Crippen molar-refractivity contribution in [1.82, 2.24) is 4.31 Å². The number of piperidine rings is 1. The topological polar surface area (TPSA) is 63.4 Å². The molecule has 2 heterocycles. The van der Waals surface area contributed by atoms with Crippen LogP contribution < -0.4 is 5.73 Å². The molecule has 6 heteroatoms. The van der Waals surface area contributed by atoms with Gasteiger partial charge in [0.15, 0.2) is 0 Å². The van der Waals surface area contributed by atoms with Crippen molar-refractivity contribution in [3.8, 4) is 0 Å². The standard InChI is InChI=1S/C15H24N2O2S2/c16-12-13-4-5-14(20-13)21(18,19)17-10-8-15(9-11-17)6-2-1-3-7-15/h4-5H,1-3,6-12,16H2. The molecule has 1 aromatic rings. The van der Waals surface area contributed by atoms with Crippen LogP contribution in [0.1, 0.15) is 49.8 Å². The van der Waals surface area contributed by atoms with Gasteiger partial charge in [-0.1, -0.05) is 19.3 Å². The Hall–Kier alpha value is -0.430. The number of rotatable bonds is 3. The number of sulfonamides is 1. The molecule has 0 atom stereocenters. The summed E-state index contributed by atoms with van der Waals surface area (Å²) in [6.07, 6.45) is 8.62. The Bertz CT molecular complexity index is 579. The smallest absolute Gasteiger partial charge is 0.252 e. The first-order valence-corrected chi connectivity index (χ1v) is 10.1. The lowest BCUT2D eigenvalue weighted by Crippen LogP contribution is -2.43. The molecule has 1 aromatic heterocycles. The minimum atomic E-state index is -3.31. The minimum Gasteiger partial charge on any atom is -0.326 e. The summed E-state index contributed by atoms with van der Waals surface area (Å²) in [5.74, 6) is 0. The quantitative estimate of drug-likeness (QED) is 0.928. The van der Waals surface area contributed by atoms with E-state index in [0.717, 1.165) is 17.7 Å². The average Bonchev–Trinajstić information content (AvgIpc) is 2.98. The van der Waals surface area contributed by atoms with Crippen molar-refractivity contribution in [3.05, 3.63) is 17.0 Å². The summed E-state index contributed by atoms with van der Waals surface area (Å²) in [5, 5.41) is 0. The van der Waals surface area contributed by atoms with Gasteiger partial charge in [-0.15, -0.1) is 11.3 Å². The van der Waals surface area contributed by atoms with E-state index in [1.54, 1.807) is 10.4 Å². The van der Waals surface area contributed by atoms with Crippen molar-refractivity contribution < 1.29 is 8.42 Å². The fourth-order valence-corrected chi connectivity index (χ4v) is 6.57. The molecular formula is C15H24N2O2S2. The molecule has 0 aromatic carbocycles. The van der Waals surface area contributed by atoms with Gasteiger partial charge in [-0.05, 0) is 43.2 Å². The van der Waals surface area contributed by atoms with Gasteiger partial charge in [0.05, 0.1) is 0 Å². The van der Waals surface area contributed by atoms with Gasteiger partial charge >= 0.3 is 0 Å². The molecule has 21 heavy (non-hydrogen) atoms. The average molecular weight is 329 g/mol. The zero-order chi connectivity index (χ0) is 14.9. The predicted octanol–water partition coefficient (Wildman–Crippen LogP) is 2.94. The maximum absolute atomic E-state index is 12.7. The first-order chi connectivity index (χ1) is 10.1. The molecule has 1 aliphatic carbocycles. The van der Waals surface area contributed by atoms with Crippen molar-refractivity contribution in [2.75, 3.05) is 13.1 Å². The first-order valence-electron chi connectivity index (χ1n) is 7.85. The van der Waals surface area contributed by atoms with Crippen LogP contribution in [0, 0.1) is 5.41 Å². The van der Waals surface area contributed by atoms with Crippen LogP contribution in [0.4, 0.5) is 0 Å². The van der Waals surface area contributed by atoms with Crippen molar-refractivity contribution in [1.29, 1.82) is 0 Å². The van der Waals surface area contributed by atoms with Crippen LogP contribution >= 0.6 is 11.3 Å². The zero-order valence-electron chi connectivity index (χ0n) is 12.4. The molecule has 4 nitrogen and oxygen atoms in total. The monoisotopic (exact) mass is 328 g/mol. The molecule has 0 amide bonds. The lowest BCUT2D eigenvalue weighted by atomic mass is 9.68. The maximum atomic E-state index is 12.7. The van der Waals surface area contributed by atoms with E-state index in [4.69, 9.17) is 5.73 Å². The van der Waals surface area contributed by atoms with E-state index < -0.39 is 10.0 Å². The number of hydrogen-bond acceptors (Lipinski definition) is 4. The second kappa shape index (κ2) is 5.99. The van der Waals surface area contributed by atoms with Crippen molar-refractivity contribution in [3.63, 3.8) is 0 Å². The minimum absolute atomic E-state index is 0.406. The summed E-state index contributed by atoms with van der Waals surface area (Å²) in [6, 6.07) is 3.53. The van der Waals surface area contributed by atoms with Crippen LogP contribution in [-0.4, -0.2) is 25.8 Å². The second-order valence-electron chi connectivity index (χ2n) is 6.39. The number of nitrogens with zero attached hydrogens (tertiary/aromatic N) is 1. The van der Waals surface area contributed by atoms with Gasteiger partial charge in [0.25, 0.3) is 10.0 Å². The van der Waals surface area contributed by atoms with Crippen LogP contribution in [0.15, 0.2) is 16.3 Å². The van der Waals surface area contributed by atoms with Gasteiger partial charge in [-0.3, -0.25) is 0 Å². The van der Waals surface area contributed by atoms with Crippen molar-refractivity contribution in [2.24, 2.45) is 11.1 Å². The molecule has 0 unspecified atom stereocenters. The summed E-state index contributed by atoms with van der Waals surface area (Å²) in [5.41, 5.74) is 6.01. The molecule has 1 saturated carbocycles. The molecule has 1 spiro atoms. The van der Waals surface area contributed by atoms with Gasteiger partial charge < -0.3 is 5.73 Å². The molecule has 1 saturated heterocycles. The lowest BCUT2D eigenvalue weighted by Gasteiger charge is -2.43. The van der Waals surface area contributed by atoms with Crippen LogP contribution in [0.2, 0.25) is 0 Å². The number of hydrogen-bond donors (Lipinski definition) is 1. The van der Waals surface area contributed by atoms with E-state index in [0.29, 0.717) is 29.3 Å². The summed E-state index contributed by atoms with van der Waals surface area (Å²) < 4.78 is 27.5. The third-order valence-electron chi connectivity index (χ3n) is 5.13. The maximum Gasteiger partial charge on any atom is 0.252 e. The van der Waals surface area contributed by atoms with E-state index in [-0.39, 0.29) is 0 Å². The molecule has 3 rings (SSSR count). The molecule has 2 aliphatic rings. The molecule has 0 bridgehead atoms. The SMILES string of the molecule is NCc1ccc(S(=O)(=O)N2CCC3(CCCCC3)CC2)s1. The Labute approximate surface area is 131 Å². The van der Waals surface area contributed by atoms with Crippen LogP contribution in [0.3, 0.4) is 0 Å². The highest BCUT2D eigenvalue weighted by Crippen LogP contribution is 2.45. The third kappa shape index (κ3) is 3.04. The van der Waals surface area contributed by atoms with Gasteiger partial charge in [-0.25, -0.2) is 8.42 Å². The largest absolute Gasteiger partial charge is 0.326 e. The second-order valence-corrected chi connectivity index (χ2v) is 9.72. The Kier molecular flexibility index (Phi) is 4.41. The highest BCUT2D eigenvalue weighted by atomic mass is 32.2. The predicted molar refractivity (Wildman–Crippen MR) is 85.7 cm³/mol. The van der Waals surface area contributed by atoms with Crippen molar-refractivity contribution >= 4 is 21.4 Å².